The Morgan fingerprint density at radius 3 is 2.38 bits per heavy atom. The lowest BCUT2D eigenvalue weighted by Crippen LogP contribution is -2.32. The molecule has 2 aromatic carbocycles. The highest BCUT2D eigenvalue weighted by molar-refractivity contribution is 6.23. The summed E-state index contributed by atoms with van der Waals surface area (Å²) in [6.07, 6.45) is 7.96. The Hall–Kier alpha value is -3.21. The zero-order valence-corrected chi connectivity index (χ0v) is 15.9. The van der Waals surface area contributed by atoms with Crippen molar-refractivity contribution in [2.45, 2.75) is 19.4 Å². The van der Waals surface area contributed by atoms with Crippen molar-refractivity contribution in [3.05, 3.63) is 72.6 Å². The normalized spacial score (nSPS) is 27.4. The van der Waals surface area contributed by atoms with E-state index >= 15 is 0 Å². The zero-order valence-electron chi connectivity index (χ0n) is 15.9. The fourth-order valence-electron chi connectivity index (χ4n) is 5.42. The van der Waals surface area contributed by atoms with Gasteiger partial charge in [0.2, 0.25) is 11.8 Å². The van der Waals surface area contributed by atoms with E-state index in [1.54, 1.807) is 0 Å². The molecule has 5 nitrogen and oxygen atoms in total. The number of fused-ring (bicyclic) bond motifs is 6. The van der Waals surface area contributed by atoms with Crippen LogP contribution in [0.15, 0.2) is 67.0 Å². The molecule has 2 heterocycles. The van der Waals surface area contributed by atoms with Crippen LogP contribution >= 0.6 is 0 Å². The van der Waals surface area contributed by atoms with Crippen LogP contribution in [0.5, 0.6) is 0 Å². The van der Waals surface area contributed by atoms with Crippen LogP contribution < -0.4 is 4.90 Å². The lowest BCUT2D eigenvalue weighted by Gasteiger charge is -2.17. The lowest BCUT2D eigenvalue weighted by molar-refractivity contribution is -0.123. The van der Waals surface area contributed by atoms with Gasteiger partial charge in [0.15, 0.2) is 0 Å². The Kier molecular flexibility index (Phi) is 3.54. The number of nitrogens with zero attached hydrogens (tertiary/aromatic N) is 3. The molecule has 1 aliphatic heterocycles. The number of aryl methyl sites for hydroxylation is 2. The van der Waals surface area contributed by atoms with Crippen LogP contribution in [0, 0.1) is 23.7 Å². The molecule has 1 aromatic heterocycles. The van der Waals surface area contributed by atoms with Gasteiger partial charge in [-0.2, -0.15) is 0 Å². The molecule has 144 valence electrons. The number of amides is 2. The lowest BCUT2D eigenvalue weighted by atomic mass is 9.85. The molecule has 2 fully saturated rings. The summed E-state index contributed by atoms with van der Waals surface area (Å²) < 4.78 is 2.12. The monoisotopic (exact) mass is 383 g/mol. The van der Waals surface area contributed by atoms with Crippen molar-refractivity contribution in [1.82, 2.24) is 9.55 Å². The molecule has 2 amide bonds. The minimum Gasteiger partial charge on any atom is -0.330 e. The summed E-state index contributed by atoms with van der Waals surface area (Å²) in [4.78, 5) is 32.0. The number of carbonyl (C=O) groups is 2. The van der Waals surface area contributed by atoms with Crippen molar-refractivity contribution >= 4 is 28.5 Å². The second-order valence-corrected chi connectivity index (χ2v) is 8.36. The van der Waals surface area contributed by atoms with Gasteiger partial charge >= 0.3 is 0 Å². The van der Waals surface area contributed by atoms with E-state index in [1.807, 2.05) is 30.6 Å². The molecule has 0 unspecified atom stereocenters. The van der Waals surface area contributed by atoms with E-state index in [1.165, 1.54) is 10.5 Å². The molecule has 6 rings (SSSR count). The number of imide groups is 1. The van der Waals surface area contributed by atoms with E-state index in [9.17, 15) is 9.59 Å². The first-order valence-corrected chi connectivity index (χ1v) is 10.3. The standard InChI is InChI=1S/C24H21N3O2/c28-23-21-16-6-7-17(12-16)22(21)24(29)27(23)18-8-9-20-19(13-18)25-14-26(20)11-10-15-4-2-1-3-5-15/h1-9,13-14,16-17,21-22H,10-12H2/t16-,17-,21+,22+/m0/s1. The summed E-state index contributed by atoms with van der Waals surface area (Å²) >= 11 is 0. The van der Waals surface area contributed by atoms with E-state index in [0.717, 1.165) is 30.4 Å². The van der Waals surface area contributed by atoms with E-state index in [0.29, 0.717) is 5.69 Å². The minimum absolute atomic E-state index is 0.0419. The molecule has 1 saturated carbocycles. The summed E-state index contributed by atoms with van der Waals surface area (Å²) in [6, 6.07) is 16.1. The molecule has 5 heteroatoms. The summed E-state index contributed by atoms with van der Waals surface area (Å²) in [7, 11) is 0. The number of anilines is 1. The summed E-state index contributed by atoms with van der Waals surface area (Å²) in [5, 5.41) is 0. The van der Waals surface area contributed by atoms with E-state index in [-0.39, 0.29) is 35.5 Å². The number of hydrogen-bond donors (Lipinski definition) is 0. The number of benzene rings is 2. The van der Waals surface area contributed by atoms with Crippen LogP contribution in [-0.4, -0.2) is 21.4 Å². The molecule has 0 spiro atoms. The maximum absolute atomic E-state index is 13.0. The van der Waals surface area contributed by atoms with Gasteiger partial charge in [-0.25, -0.2) is 9.88 Å². The first-order valence-electron chi connectivity index (χ1n) is 10.3. The van der Waals surface area contributed by atoms with Crippen molar-refractivity contribution in [1.29, 1.82) is 0 Å². The molecular formula is C24H21N3O2. The number of imidazole rings is 1. The van der Waals surface area contributed by atoms with Crippen molar-refractivity contribution in [2.24, 2.45) is 23.7 Å². The quantitative estimate of drug-likeness (QED) is 0.511. The van der Waals surface area contributed by atoms with Crippen molar-refractivity contribution in [3.8, 4) is 0 Å². The molecule has 0 radical (unpaired) electrons. The van der Waals surface area contributed by atoms with Crippen molar-refractivity contribution in [3.63, 3.8) is 0 Å². The van der Waals surface area contributed by atoms with Crippen LogP contribution in [-0.2, 0) is 22.6 Å². The SMILES string of the molecule is O=C1[C@H]2[C@H](C(=O)N1c1ccc3c(c1)ncn3CCc1ccccc1)[C@H]1C=C[C@H]2C1. The zero-order chi connectivity index (χ0) is 19.5. The van der Waals surface area contributed by atoms with E-state index in [2.05, 4.69) is 46.0 Å². The van der Waals surface area contributed by atoms with Crippen LogP contribution in [0.1, 0.15) is 12.0 Å². The molecule has 4 atom stereocenters. The van der Waals surface area contributed by atoms with E-state index < -0.39 is 0 Å². The second kappa shape index (κ2) is 6.14. The first kappa shape index (κ1) is 16.7. The highest BCUT2D eigenvalue weighted by atomic mass is 16.2. The highest BCUT2D eigenvalue weighted by Crippen LogP contribution is 2.53. The summed E-state index contributed by atoms with van der Waals surface area (Å²) in [6.45, 7) is 0.834. The number of carbonyl (C=O) groups excluding carboxylic acids is 2. The predicted molar refractivity (Wildman–Crippen MR) is 110 cm³/mol. The van der Waals surface area contributed by atoms with Gasteiger partial charge in [-0.3, -0.25) is 9.59 Å². The smallest absolute Gasteiger partial charge is 0.238 e. The van der Waals surface area contributed by atoms with Crippen LogP contribution in [0.3, 0.4) is 0 Å². The van der Waals surface area contributed by atoms with Gasteiger partial charge in [-0.1, -0.05) is 42.5 Å². The van der Waals surface area contributed by atoms with Gasteiger partial charge in [-0.15, -0.1) is 0 Å². The van der Waals surface area contributed by atoms with Gasteiger partial charge in [0.25, 0.3) is 0 Å². The van der Waals surface area contributed by atoms with Gasteiger partial charge in [0, 0.05) is 6.54 Å². The third kappa shape index (κ3) is 2.43. The molecule has 2 aliphatic carbocycles. The average molecular weight is 383 g/mol. The Bertz CT molecular complexity index is 1130. The third-order valence-corrected chi connectivity index (χ3v) is 6.82. The highest BCUT2D eigenvalue weighted by Gasteiger charge is 2.59. The maximum Gasteiger partial charge on any atom is 0.238 e. The van der Waals surface area contributed by atoms with Crippen LogP contribution in [0.2, 0.25) is 0 Å². The van der Waals surface area contributed by atoms with Crippen molar-refractivity contribution < 1.29 is 9.59 Å². The first-order chi connectivity index (χ1) is 14.2. The van der Waals surface area contributed by atoms with Crippen LogP contribution in [0.25, 0.3) is 11.0 Å². The topological polar surface area (TPSA) is 55.2 Å². The fourth-order valence-corrected chi connectivity index (χ4v) is 5.42. The average Bonchev–Trinajstić information content (AvgIpc) is 3.50. The molecule has 29 heavy (non-hydrogen) atoms. The molecule has 3 aromatic rings. The Balaban J connectivity index is 1.28. The second-order valence-electron chi connectivity index (χ2n) is 8.36. The molecule has 0 N–H and O–H groups in total. The summed E-state index contributed by atoms with van der Waals surface area (Å²) in [5.41, 5.74) is 3.77. The Labute approximate surface area is 168 Å². The summed E-state index contributed by atoms with van der Waals surface area (Å²) in [5.74, 6) is 0.0347. The number of hydrogen-bond acceptors (Lipinski definition) is 3. The van der Waals surface area contributed by atoms with Gasteiger partial charge < -0.3 is 4.57 Å². The van der Waals surface area contributed by atoms with E-state index in [4.69, 9.17) is 0 Å². The number of aromatic nitrogens is 2. The van der Waals surface area contributed by atoms with Gasteiger partial charge in [0.1, 0.15) is 0 Å². The fraction of sp³-hybridized carbons (Fsp3) is 0.292. The maximum atomic E-state index is 13.0. The largest absolute Gasteiger partial charge is 0.330 e. The Morgan fingerprint density at radius 1 is 0.931 bits per heavy atom. The van der Waals surface area contributed by atoms with Crippen molar-refractivity contribution in [2.75, 3.05) is 4.90 Å². The number of allylic oxidation sites excluding steroid dienone is 2. The minimum atomic E-state index is -0.170. The van der Waals surface area contributed by atoms with Gasteiger partial charge in [-0.05, 0) is 48.4 Å². The van der Waals surface area contributed by atoms with Gasteiger partial charge in [0.05, 0.1) is 34.9 Å². The number of rotatable bonds is 4. The van der Waals surface area contributed by atoms with Crippen LogP contribution in [0.4, 0.5) is 5.69 Å². The third-order valence-electron chi connectivity index (χ3n) is 6.82. The Morgan fingerprint density at radius 2 is 1.66 bits per heavy atom. The molecule has 3 aliphatic rings. The molecule has 1 saturated heterocycles. The molecule has 2 bridgehead atoms. The molecular weight excluding hydrogens is 362 g/mol. The predicted octanol–water partition coefficient (Wildman–Crippen LogP) is 3.59.